The van der Waals surface area contributed by atoms with Gasteiger partial charge in [-0.15, -0.1) is 10.2 Å². The van der Waals surface area contributed by atoms with Gasteiger partial charge in [0, 0.05) is 31.7 Å². The van der Waals surface area contributed by atoms with Gasteiger partial charge < -0.3 is 4.57 Å². The third kappa shape index (κ3) is 3.37. The van der Waals surface area contributed by atoms with Gasteiger partial charge in [0.15, 0.2) is 5.82 Å². The normalized spacial score (nSPS) is 18.2. The lowest BCUT2D eigenvalue weighted by molar-refractivity contribution is 0.374. The second kappa shape index (κ2) is 7.20. The summed E-state index contributed by atoms with van der Waals surface area (Å²) in [6, 6.07) is 3.52. The summed E-state index contributed by atoms with van der Waals surface area (Å²) in [5, 5.41) is 12.4. The third-order valence-corrected chi connectivity index (χ3v) is 6.65. The number of nitrogens with zero attached hydrogens (tertiary/aromatic N) is 7. The molecule has 1 saturated heterocycles. The van der Waals surface area contributed by atoms with Crippen molar-refractivity contribution in [2.24, 2.45) is 0 Å². The van der Waals surface area contributed by atoms with Crippen LogP contribution in [0.15, 0.2) is 48.1 Å². The lowest BCUT2D eigenvalue weighted by Gasteiger charge is -2.23. The van der Waals surface area contributed by atoms with Crippen LogP contribution in [0.3, 0.4) is 0 Å². The second-order valence-corrected chi connectivity index (χ2v) is 8.37. The zero-order chi connectivity index (χ0) is 18.9. The Labute approximate surface area is 157 Å². The minimum absolute atomic E-state index is 0.219. The summed E-state index contributed by atoms with van der Waals surface area (Å²) < 4.78 is 31.3. The molecule has 0 bridgehead atoms. The first-order valence-electron chi connectivity index (χ1n) is 8.90. The summed E-state index contributed by atoms with van der Waals surface area (Å²) in [7, 11) is -3.63. The van der Waals surface area contributed by atoms with Crippen LogP contribution in [0, 0.1) is 0 Å². The van der Waals surface area contributed by atoms with E-state index in [0.29, 0.717) is 25.5 Å². The SMILES string of the molecule is CCn1cc(S(=O)(=O)N2CCC[C@H]2c2nncn2Cc2ccncc2)cn1. The molecular weight excluding hydrogens is 366 g/mol. The molecule has 4 rings (SSSR count). The average molecular weight is 387 g/mol. The van der Waals surface area contributed by atoms with E-state index in [1.807, 2.05) is 23.6 Å². The van der Waals surface area contributed by atoms with Crippen molar-refractivity contribution in [2.45, 2.75) is 43.8 Å². The van der Waals surface area contributed by atoms with E-state index < -0.39 is 10.0 Å². The molecule has 10 heteroatoms. The predicted molar refractivity (Wildman–Crippen MR) is 97.1 cm³/mol. The Bertz CT molecular complexity index is 1010. The number of hydrogen-bond donors (Lipinski definition) is 0. The van der Waals surface area contributed by atoms with Crippen LogP contribution in [0.2, 0.25) is 0 Å². The van der Waals surface area contributed by atoms with E-state index in [0.717, 1.165) is 18.4 Å². The standard InChI is InChI=1S/C17H21N7O2S/c1-2-23-12-15(10-20-23)27(25,26)24-9-3-4-16(24)17-21-19-13-22(17)11-14-5-7-18-8-6-14/h5-8,10,12-13,16H,2-4,9,11H2,1H3/t16-/m0/s1. The second-order valence-electron chi connectivity index (χ2n) is 6.48. The van der Waals surface area contributed by atoms with Gasteiger partial charge in [0.1, 0.15) is 11.2 Å². The van der Waals surface area contributed by atoms with Gasteiger partial charge in [-0.3, -0.25) is 9.67 Å². The summed E-state index contributed by atoms with van der Waals surface area (Å²) >= 11 is 0. The van der Waals surface area contributed by atoms with Crippen LogP contribution >= 0.6 is 0 Å². The molecule has 9 nitrogen and oxygen atoms in total. The maximum absolute atomic E-state index is 13.1. The van der Waals surface area contributed by atoms with E-state index in [-0.39, 0.29) is 10.9 Å². The van der Waals surface area contributed by atoms with E-state index in [1.165, 1.54) is 10.5 Å². The molecule has 27 heavy (non-hydrogen) atoms. The number of pyridine rings is 1. The van der Waals surface area contributed by atoms with Crippen LogP contribution in [0.4, 0.5) is 0 Å². The fourth-order valence-corrected chi connectivity index (χ4v) is 5.01. The fourth-order valence-electron chi connectivity index (χ4n) is 3.40. The van der Waals surface area contributed by atoms with Crippen LogP contribution in [0.25, 0.3) is 0 Å². The number of aryl methyl sites for hydroxylation is 1. The molecular formula is C17H21N7O2S. The Kier molecular flexibility index (Phi) is 4.75. The van der Waals surface area contributed by atoms with Gasteiger partial charge in [0.2, 0.25) is 10.0 Å². The van der Waals surface area contributed by atoms with Crippen LogP contribution in [0.5, 0.6) is 0 Å². The first-order valence-corrected chi connectivity index (χ1v) is 10.3. The first-order chi connectivity index (χ1) is 13.1. The molecule has 0 saturated carbocycles. The van der Waals surface area contributed by atoms with E-state index in [2.05, 4.69) is 20.3 Å². The molecule has 1 aliphatic rings. The van der Waals surface area contributed by atoms with Crippen LogP contribution in [-0.4, -0.2) is 48.8 Å². The Morgan fingerprint density at radius 1 is 1.26 bits per heavy atom. The Morgan fingerprint density at radius 2 is 2.07 bits per heavy atom. The van der Waals surface area contributed by atoms with Crippen molar-refractivity contribution in [1.29, 1.82) is 0 Å². The number of rotatable bonds is 6. The summed E-state index contributed by atoms with van der Waals surface area (Å²) in [5.74, 6) is 0.663. The van der Waals surface area contributed by atoms with Crippen molar-refractivity contribution >= 4 is 10.0 Å². The van der Waals surface area contributed by atoms with Gasteiger partial charge in [-0.25, -0.2) is 8.42 Å². The van der Waals surface area contributed by atoms with Gasteiger partial charge in [-0.05, 0) is 37.5 Å². The molecule has 3 aromatic heterocycles. The highest BCUT2D eigenvalue weighted by Gasteiger charge is 2.39. The van der Waals surface area contributed by atoms with E-state index in [9.17, 15) is 8.42 Å². The molecule has 0 unspecified atom stereocenters. The molecule has 3 aromatic rings. The van der Waals surface area contributed by atoms with Crippen molar-refractivity contribution < 1.29 is 8.42 Å². The quantitative estimate of drug-likeness (QED) is 0.635. The molecule has 142 valence electrons. The van der Waals surface area contributed by atoms with Crippen LogP contribution in [-0.2, 0) is 23.1 Å². The molecule has 0 N–H and O–H groups in total. The van der Waals surface area contributed by atoms with Gasteiger partial charge >= 0.3 is 0 Å². The van der Waals surface area contributed by atoms with Crippen LogP contribution < -0.4 is 0 Å². The number of aromatic nitrogens is 6. The van der Waals surface area contributed by atoms with E-state index in [1.54, 1.807) is 29.6 Å². The van der Waals surface area contributed by atoms with E-state index >= 15 is 0 Å². The smallest absolute Gasteiger partial charge is 0.246 e. The summed E-state index contributed by atoms with van der Waals surface area (Å²) in [4.78, 5) is 4.24. The maximum atomic E-state index is 13.1. The molecule has 1 atom stereocenters. The Balaban J connectivity index is 1.63. The van der Waals surface area contributed by atoms with Crippen LogP contribution in [0.1, 0.15) is 37.2 Å². The first kappa shape index (κ1) is 17.8. The highest BCUT2D eigenvalue weighted by atomic mass is 32.2. The van der Waals surface area contributed by atoms with E-state index in [4.69, 9.17) is 0 Å². The zero-order valence-electron chi connectivity index (χ0n) is 15.0. The monoisotopic (exact) mass is 387 g/mol. The van der Waals surface area contributed by atoms with Crippen molar-refractivity contribution in [3.05, 3.63) is 54.6 Å². The van der Waals surface area contributed by atoms with Crippen molar-refractivity contribution in [3.63, 3.8) is 0 Å². The highest BCUT2D eigenvalue weighted by Crippen LogP contribution is 2.35. The molecule has 1 aliphatic heterocycles. The molecule has 1 fully saturated rings. The average Bonchev–Trinajstić information content (AvgIpc) is 3.42. The largest absolute Gasteiger partial charge is 0.312 e. The summed E-state index contributed by atoms with van der Waals surface area (Å²) in [6.07, 6.45) is 9.61. The predicted octanol–water partition coefficient (Wildman–Crippen LogP) is 1.46. The topological polar surface area (TPSA) is 98.8 Å². The fraction of sp³-hybridized carbons (Fsp3) is 0.412. The minimum Gasteiger partial charge on any atom is -0.312 e. The Hall–Kier alpha value is -2.59. The zero-order valence-corrected chi connectivity index (χ0v) is 15.8. The highest BCUT2D eigenvalue weighted by molar-refractivity contribution is 7.89. The number of sulfonamides is 1. The molecule has 0 aliphatic carbocycles. The van der Waals surface area contributed by atoms with Crippen molar-refractivity contribution in [3.8, 4) is 0 Å². The van der Waals surface area contributed by atoms with Crippen molar-refractivity contribution in [1.82, 2.24) is 33.8 Å². The summed E-state index contributed by atoms with van der Waals surface area (Å²) in [6.45, 7) is 3.58. The lowest BCUT2D eigenvalue weighted by atomic mass is 10.2. The minimum atomic E-state index is -3.63. The molecule has 4 heterocycles. The molecule has 0 radical (unpaired) electrons. The third-order valence-electron chi connectivity index (χ3n) is 4.79. The van der Waals surface area contributed by atoms with Gasteiger partial charge in [0.25, 0.3) is 0 Å². The van der Waals surface area contributed by atoms with Gasteiger partial charge in [0.05, 0.1) is 18.8 Å². The van der Waals surface area contributed by atoms with Crippen molar-refractivity contribution in [2.75, 3.05) is 6.54 Å². The molecule has 0 aromatic carbocycles. The summed E-state index contributed by atoms with van der Waals surface area (Å²) in [5.41, 5.74) is 1.06. The maximum Gasteiger partial charge on any atom is 0.246 e. The van der Waals surface area contributed by atoms with Gasteiger partial charge in [-0.2, -0.15) is 9.40 Å². The van der Waals surface area contributed by atoms with Gasteiger partial charge in [-0.1, -0.05) is 0 Å². The molecule has 0 amide bonds. The number of hydrogen-bond acceptors (Lipinski definition) is 6. The Morgan fingerprint density at radius 3 is 2.81 bits per heavy atom. The molecule has 0 spiro atoms. The lowest BCUT2D eigenvalue weighted by Crippen LogP contribution is -2.32.